The molecule has 2 N–H and O–H groups in total. The summed E-state index contributed by atoms with van der Waals surface area (Å²) in [5, 5.41) is 3.84. The molecule has 1 atom stereocenters. The maximum absolute atomic E-state index is 13.6. The fourth-order valence-corrected chi connectivity index (χ4v) is 1.49. The predicted octanol–water partition coefficient (Wildman–Crippen LogP) is 2.97. The smallest absolute Gasteiger partial charge is 0.263 e. The number of hydrogen-bond acceptors (Lipinski definition) is 4. The van der Waals surface area contributed by atoms with Crippen molar-refractivity contribution in [3.05, 3.63) is 29.8 Å². The van der Waals surface area contributed by atoms with E-state index in [2.05, 4.69) is 10.1 Å². The first-order chi connectivity index (χ1) is 8.13. The predicted molar refractivity (Wildman–Crippen MR) is 62.8 cm³/mol. The van der Waals surface area contributed by atoms with Gasteiger partial charge in [-0.05, 0) is 18.6 Å². The minimum atomic E-state index is -0.454. The van der Waals surface area contributed by atoms with E-state index in [1.165, 1.54) is 6.07 Å². The van der Waals surface area contributed by atoms with Gasteiger partial charge >= 0.3 is 0 Å². The van der Waals surface area contributed by atoms with Gasteiger partial charge in [-0.15, -0.1) is 0 Å². The fourth-order valence-electron chi connectivity index (χ4n) is 1.49. The molecule has 1 unspecified atom stereocenters. The van der Waals surface area contributed by atoms with E-state index in [0.29, 0.717) is 11.5 Å². The van der Waals surface area contributed by atoms with Gasteiger partial charge in [0.05, 0.1) is 5.56 Å². The minimum Gasteiger partial charge on any atom is -0.398 e. The molecule has 1 heterocycles. The Morgan fingerprint density at radius 1 is 1.47 bits per heavy atom. The summed E-state index contributed by atoms with van der Waals surface area (Å²) in [6.45, 7) is 4.01. The second-order valence-corrected chi connectivity index (χ2v) is 3.97. The highest BCUT2D eigenvalue weighted by Crippen LogP contribution is 2.28. The number of anilines is 1. The molecule has 0 saturated heterocycles. The van der Waals surface area contributed by atoms with E-state index < -0.39 is 5.82 Å². The summed E-state index contributed by atoms with van der Waals surface area (Å²) in [4.78, 5) is 4.18. The number of nitrogens with two attached hydrogens (primary N) is 1. The molecule has 0 fully saturated rings. The summed E-state index contributed by atoms with van der Waals surface area (Å²) < 4.78 is 18.7. The third-order valence-corrected chi connectivity index (χ3v) is 2.75. The van der Waals surface area contributed by atoms with Crippen LogP contribution in [-0.2, 0) is 0 Å². The third-order valence-electron chi connectivity index (χ3n) is 2.75. The maximum atomic E-state index is 13.6. The Labute approximate surface area is 98.6 Å². The lowest BCUT2D eigenvalue weighted by atomic mass is 10.1. The Balaban J connectivity index is 2.44. The number of nitrogen functional groups attached to an aromatic ring is 1. The van der Waals surface area contributed by atoms with Crippen molar-refractivity contribution < 1.29 is 8.91 Å². The topological polar surface area (TPSA) is 64.9 Å². The molecular formula is C12H14FN3O. The first-order valence-electron chi connectivity index (χ1n) is 5.51. The number of benzene rings is 1. The van der Waals surface area contributed by atoms with Crippen molar-refractivity contribution >= 4 is 5.69 Å². The van der Waals surface area contributed by atoms with E-state index in [4.69, 9.17) is 10.3 Å². The summed E-state index contributed by atoms with van der Waals surface area (Å²) in [5.74, 6) is 0.436. The molecular weight excluding hydrogens is 221 g/mol. The van der Waals surface area contributed by atoms with Crippen LogP contribution in [0.25, 0.3) is 11.5 Å². The van der Waals surface area contributed by atoms with Crippen LogP contribution in [0.1, 0.15) is 32.0 Å². The number of halogens is 1. The Morgan fingerprint density at radius 3 is 2.88 bits per heavy atom. The lowest BCUT2D eigenvalue weighted by molar-refractivity contribution is 0.414. The molecule has 17 heavy (non-hydrogen) atoms. The van der Waals surface area contributed by atoms with Crippen molar-refractivity contribution in [2.24, 2.45) is 0 Å². The van der Waals surface area contributed by atoms with Crippen LogP contribution in [0, 0.1) is 5.82 Å². The molecule has 0 saturated carbocycles. The van der Waals surface area contributed by atoms with E-state index >= 15 is 0 Å². The van der Waals surface area contributed by atoms with Crippen molar-refractivity contribution in [2.45, 2.75) is 26.2 Å². The monoisotopic (exact) mass is 235 g/mol. The van der Waals surface area contributed by atoms with E-state index in [-0.39, 0.29) is 17.4 Å². The quantitative estimate of drug-likeness (QED) is 0.830. The number of aromatic nitrogens is 2. The molecule has 0 aliphatic heterocycles. The van der Waals surface area contributed by atoms with Crippen LogP contribution >= 0.6 is 0 Å². The van der Waals surface area contributed by atoms with Crippen LogP contribution < -0.4 is 5.73 Å². The zero-order valence-corrected chi connectivity index (χ0v) is 9.77. The van der Waals surface area contributed by atoms with Gasteiger partial charge in [0.1, 0.15) is 5.82 Å². The van der Waals surface area contributed by atoms with Gasteiger partial charge in [0.25, 0.3) is 5.89 Å². The highest BCUT2D eigenvalue weighted by atomic mass is 19.1. The lowest BCUT2D eigenvalue weighted by Gasteiger charge is -2.01. The lowest BCUT2D eigenvalue weighted by Crippen LogP contribution is -1.96. The summed E-state index contributed by atoms with van der Waals surface area (Å²) in [5.41, 5.74) is 6.17. The number of rotatable bonds is 3. The highest BCUT2D eigenvalue weighted by molar-refractivity contribution is 5.70. The first kappa shape index (κ1) is 11.6. The normalized spacial score (nSPS) is 12.6. The van der Waals surface area contributed by atoms with Crippen LogP contribution in [-0.4, -0.2) is 10.1 Å². The summed E-state index contributed by atoms with van der Waals surface area (Å²) >= 11 is 0. The molecule has 0 amide bonds. The summed E-state index contributed by atoms with van der Waals surface area (Å²) in [7, 11) is 0. The molecule has 2 rings (SSSR count). The van der Waals surface area contributed by atoms with Gasteiger partial charge in [0, 0.05) is 11.6 Å². The van der Waals surface area contributed by atoms with Crippen molar-refractivity contribution in [3.63, 3.8) is 0 Å². The first-order valence-corrected chi connectivity index (χ1v) is 5.51. The van der Waals surface area contributed by atoms with Gasteiger partial charge in [-0.2, -0.15) is 4.98 Å². The average molecular weight is 235 g/mol. The summed E-state index contributed by atoms with van der Waals surface area (Å²) in [6.07, 6.45) is 0.895. The molecule has 0 spiro atoms. The fraction of sp³-hybridized carbons (Fsp3) is 0.333. The van der Waals surface area contributed by atoms with Crippen LogP contribution in [0.15, 0.2) is 22.7 Å². The Bertz CT molecular complexity index is 504. The van der Waals surface area contributed by atoms with Crippen LogP contribution in [0.5, 0.6) is 0 Å². The molecule has 4 nitrogen and oxygen atoms in total. The average Bonchev–Trinajstić information content (AvgIpc) is 2.77. The van der Waals surface area contributed by atoms with Gasteiger partial charge in [-0.25, -0.2) is 4.39 Å². The van der Waals surface area contributed by atoms with E-state index in [0.717, 1.165) is 6.42 Å². The van der Waals surface area contributed by atoms with Gasteiger partial charge in [0.2, 0.25) is 0 Å². The molecule has 1 aromatic carbocycles. The second kappa shape index (κ2) is 4.53. The largest absolute Gasteiger partial charge is 0.398 e. The maximum Gasteiger partial charge on any atom is 0.263 e. The van der Waals surface area contributed by atoms with E-state index in [1.54, 1.807) is 12.1 Å². The van der Waals surface area contributed by atoms with E-state index in [9.17, 15) is 4.39 Å². The van der Waals surface area contributed by atoms with Crippen molar-refractivity contribution in [1.82, 2.24) is 10.1 Å². The van der Waals surface area contributed by atoms with Crippen molar-refractivity contribution in [2.75, 3.05) is 5.73 Å². The Morgan fingerprint density at radius 2 is 2.24 bits per heavy atom. The SMILES string of the molecule is CCC(C)c1noc(-c2c(N)cccc2F)n1. The Hall–Kier alpha value is -1.91. The molecule has 1 aromatic heterocycles. The molecule has 5 heteroatoms. The molecule has 0 aliphatic rings. The van der Waals surface area contributed by atoms with Gasteiger partial charge in [0.15, 0.2) is 5.82 Å². The number of nitrogens with zero attached hydrogens (tertiary/aromatic N) is 2. The highest BCUT2D eigenvalue weighted by Gasteiger charge is 2.18. The van der Waals surface area contributed by atoms with Crippen LogP contribution in [0.4, 0.5) is 10.1 Å². The zero-order valence-electron chi connectivity index (χ0n) is 9.77. The van der Waals surface area contributed by atoms with Crippen molar-refractivity contribution in [1.29, 1.82) is 0 Å². The molecule has 2 aromatic rings. The minimum absolute atomic E-state index is 0.135. The molecule has 90 valence electrons. The second-order valence-electron chi connectivity index (χ2n) is 3.97. The molecule has 0 aliphatic carbocycles. The molecule has 0 bridgehead atoms. The third kappa shape index (κ3) is 2.13. The Kier molecular flexibility index (Phi) is 3.08. The van der Waals surface area contributed by atoms with Crippen molar-refractivity contribution in [3.8, 4) is 11.5 Å². The molecule has 0 radical (unpaired) electrons. The van der Waals surface area contributed by atoms with Crippen LogP contribution in [0.2, 0.25) is 0 Å². The van der Waals surface area contributed by atoms with Gasteiger partial charge in [-0.1, -0.05) is 25.1 Å². The van der Waals surface area contributed by atoms with E-state index in [1.807, 2.05) is 13.8 Å². The van der Waals surface area contributed by atoms with Crippen LogP contribution in [0.3, 0.4) is 0 Å². The standard InChI is InChI=1S/C12H14FN3O/c1-3-7(2)11-15-12(17-16-11)10-8(13)5-4-6-9(10)14/h4-7H,3,14H2,1-2H3. The van der Waals surface area contributed by atoms with Gasteiger partial charge < -0.3 is 10.3 Å². The number of hydrogen-bond donors (Lipinski definition) is 1. The summed E-state index contributed by atoms with van der Waals surface area (Å²) in [6, 6.07) is 4.46. The zero-order chi connectivity index (χ0) is 12.4. The van der Waals surface area contributed by atoms with Gasteiger partial charge in [-0.3, -0.25) is 0 Å².